The van der Waals surface area contributed by atoms with Gasteiger partial charge >= 0.3 is 0 Å². The lowest BCUT2D eigenvalue weighted by atomic mass is 10.3. The number of aliphatic hydroxyl groups is 1. The average Bonchev–Trinajstić information content (AvgIpc) is 2.40. The molecule has 0 heterocycles. The van der Waals surface area contributed by atoms with Crippen molar-refractivity contribution in [2.75, 3.05) is 0 Å². The molecule has 4 heteroatoms. The predicted molar refractivity (Wildman–Crippen MR) is 72.7 cm³/mol. The highest BCUT2D eigenvalue weighted by Gasteiger charge is 2.15. The molecule has 0 amide bonds. The zero-order valence-electron chi connectivity index (χ0n) is 10.5. The Balaban J connectivity index is 2.03. The number of nitrogens with two attached hydrogens (primary N) is 1. The summed E-state index contributed by atoms with van der Waals surface area (Å²) in [4.78, 5) is 0. The Labute approximate surface area is 112 Å². The maximum atomic E-state index is 9.30. The van der Waals surface area contributed by atoms with E-state index in [0.717, 1.165) is 0 Å². The lowest BCUT2D eigenvalue weighted by molar-refractivity contribution is -0.0298. The minimum absolute atomic E-state index is 0.184. The maximum Gasteiger partial charge on any atom is 0.244 e. The fraction of sp³-hybridized carbons (Fsp3) is 0.200. The van der Waals surface area contributed by atoms with E-state index in [4.69, 9.17) is 15.2 Å². The van der Waals surface area contributed by atoms with Gasteiger partial charge in [-0.1, -0.05) is 36.4 Å². The highest BCUT2D eigenvalue weighted by atomic mass is 16.7. The van der Waals surface area contributed by atoms with E-state index in [1.165, 1.54) is 0 Å². The molecule has 0 aliphatic heterocycles. The summed E-state index contributed by atoms with van der Waals surface area (Å²) in [6.45, 7) is 0. The number of rotatable bonds is 6. The molecule has 19 heavy (non-hydrogen) atoms. The van der Waals surface area contributed by atoms with E-state index in [-0.39, 0.29) is 6.42 Å². The third kappa shape index (κ3) is 4.62. The standard InChI is InChI=1S/C15H17NO3/c16-14(17)11-15(18-12-7-3-1-4-8-12)19-13-9-5-2-6-10-13/h1-10,14-15,17H,11,16H2. The van der Waals surface area contributed by atoms with Gasteiger partial charge in [0.15, 0.2) is 0 Å². The van der Waals surface area contributed by atoms with Crippen LogP contribution >= 0.6 is 0 Å². The van der Waals surface area contributed by atoms with Gasteiger partial charge in [0.1, 0.15) is 17.7 Å². The molecule has 100 valence electrons. The Bertz CT molecular complexity index is 432. The second kappa shape index (κ2) is 6.78. The first-order valence-electron chi connectivity index (χ1n) is 6.11. The molecule has 0 aromatic heterocycles. The van der Waals surface area contributed by atoms with Gasteiger partial charge in [-0.15, -0.1) is 0 Å². The van der Waals surface area contributed by atoms with E-state index in [2.05, 4.69) is 0 Å². The Morgan fingerprint density at radius 3 is 1.63 bits per heavy atom. The highest BCUT2D eigenvalue weighted by molar-refractivity contribution is 5.23. The second-order valence-corrected chi connectivity index (χ2v) is 4.09. The van der Waals surface area contributed by atoms with Crippen LogP contribution in [0.2, 0.25) is 0 Å². The summed E-state index contributed by atoms with van der Waals surface area (Å²) in [6.07, 6.45) is -1.44. The molecule has 0 saturated carbocycles. The molecule has 0 spiro atoms. The summed E-state index contributed by atoms with van der Waals surface area (Å²) in [5, 5.41) is 9.30. The van der Waals surface area contributed by atoms with E-state index in [1.54, 1.807) is 0 Å². The minimum Gasteiger partial charge on any atom is -0.455 e. The van der Waals surface area contributed by atoms with Crippen LogP contribution in [0.3, 0.4) is 0 Å². The predicted octanol–water partition coefficient (Wildman–Crippen LogP) is 2.14. The van der Waals surface area contributed by atoms with E-state index in [0.29, 0.717) is 11.5 Å². The van der Waals surface area contributed by atoms with Crippen molar-refractivity contribution in [3.05, 3.63) is 60.7 Å². The third-order valence-corrected chi connectivity index (χ3v) is 2.46. The number of aliphatic hydroxyl groups excluding tert-OH is 1. The van der Waals surface area contributed by atoms with Crippen LogP contribution in [0.4, 0.5) is 0 Å². The third-order valence-electron chi connectivity index (χ3n) is 2.46. The molecule has 0 bridgehead atoms. The summed E-state index contributed by atoms with van der Waals surface area (Å²) in [6, 6.07) is 18.6. The number of hydrogen-bond donors (Lipinski definition) is 2. The molecular weight excluding hydrogens is 242 g/mol. The van der Waals surface area contributed by atoms with Crippen molar-refractivity contribution >= 4 is 0 Å². The first-order valence-corrected chi connectivity index (χ1v) is 6.11. The largest absolute Gasteiger partial charge is 0.455 e. The molecule has 1 atom stereocenters. The molecule has 0 radical (unpaired) electrons. The molecule has 0 saturated heterocycles. The van der Waals surface area contributed by atoms with Crippen LogP contribution in [0.5, 0.6) is 11.5 Å². The molecule has 1 unspecified atom stereocenters. The van der Waals surface area contributed by atoms with E-state index in [1.807, 2.05) is 60.7 Å². The Morgan fingerprint density at radius 2 is 1.26 bits per heavy atom. The van der Waals surface area contributed by atoms with Gasteiger partial charge in [-0.2, -0.15) is 0 Å². The zero-order chi connectivity index (χ0) is 13.5. The molecule has 3 N–H and O–H groups in total. The van der Waals surface area contributed by atoms with Crippen LogP contribution in [0.1, 0.15) is 6.42 Å². The van der Waals surface area contributed by atoms with Crippen LogP contribution in [0.25, 0.3) is 0 Å². The van der Waals surface area contributed by atoms with Gasteiger partial charge < -0.3 is 20.3 Å². The van der Waals surface area contributed by atoms with Crippen LogP contribution < -0.4 is 15.2 Å². The molecule has 2 aromatic carbocycles. The normalized spacial score (nSPS) is 12.2. The smallest absolute Gasteiger partial charge is 0.244 e. The average molecular weight is 259 g/mol. The van der Waals surface area contributed by atoms with Crippen LogP contribution in [0.15, 0.2) is 60.7 Å². The van der Waals surface area contributed by atoms with Crippen LogP contribution in [-0.2, 0) is 0 Å². The van der Waals surface area contributed by atoms with Gasteiger partial charge in [0.25, 0.3) is 0 Å². The monoisotopic (exact) mass is 259 g/mol. The van der Waals surface area contributed by atoms with Crippen LogP contribution in [0, 0.1) is 0 Å². The van der Waals surface area contributed by atoms with Crippen molar-refractivity contribution in [2.24, 2.45) is 5.73 Å². The van der Waals surface area contributed by atoms with Crippen molar-refractivity contribution < 1.29 is 14.6 Å². The molecular formula is C15H17NO3. The maximum absolute atomic E-state index is 9.30. The minimum atomic E-state index is -0.988. The number of para-hydroxylation sites is 2. The fourth-order valence-electron chi connectivity index (χ4n) is 1.62. The summed E-state index contributed by atoms with van der Waals surface area (Å²) in [5.74, 6) is 1.34. The summed E-state index contributed by atoms with van der Waals surface area (Å²) >= 11 is 0. The lowest BCUT2D eigenvalue weighted by Crippen LogP contribution is -2.33. The molecule has 4 nitrogen and oxygen atoms in total. The lowest BCUT2D eigenvalue weighted by Gasteiger charge is -2.21. The van der Waals surface area contributed by atoms with Gasteiger partial charge in [0.05, 0.1) is 6.42 Å². The number of ether oxygens (including phenoxy) is 2. The SMILES string of the molecule is NC(O)CC(Oc1ccccc1)Oc1ccccc1. The zero-order valence-corrected chi connectivity index (χ0v) is 10.5. The van der Waals surface area contributed by atoms with E-state index < -0.39 is 12.5 Å². The number of benzene rings is 2. The van der Waals surface area contributed by atoms with Gasteiger partial charge in [0, 0.05) is 0 Å². The van der Waals surface area contributed by atoms with Crippen LogP contribution in [-0.4, -0.2) is 17.6 Å². The summed E-state index contributed by atoms with van der Waals surface area (Å²) in [7, 11) is 0. The van der Waals surface area contributed by atoms with Gasteiger partial charge in [-0.25, -0.2) is 0 Å². The summed E-state index contributed by atoms with van der Waals surface area (Å²) in [5.41, 5.74) is 5.40. The Morgan fingerprint density at radius 1 is 0.842 bits per heavy atom. The van der Waals surface area contributed by atoms with Crippen molar-refractivity contribution in [1.29, 1.82) is 0 Å². The molecule has 2 aromatic rings. The van der Waals surface area contributed by atoms with Crippen molar-refractivity contribution in [2.45, 2.75) is 18.9 Å². The molecule has 0 aliphatic rings. The Hall–Kier alpha value is -2.04. The van der Waals surface area contributed by atoms with Crippen molar-refractivity contribution in [3.8, 4) is 11.5 Å². The quantitative estimate of drug-likeness (QED) is 0.780. The van der Waals surface area contributed by atoms with Gasteiger partial charge in [-0.3, -0.25) is 0 Å². The number of hydrogen-bond acceptors (Lipinski definition) is 4. The van der Waals surface area contributed by atoms with E-state index in [9.17, 15) is 5.11 Å². The van der Waals surface area contributed by atoms with Crippen molar-refractivity contribution in [1.82, 2.24) is 0 Å². The first-order chi connectivity index (χ1) is 9.24. The summed E-state index contributed by atoms with van der Waals surface area (Å²) < 4.78 is 11.3. The Kier molecular flexibility index (Phi) is 4.78. The van der Waals surface area contributed by atoms with Gasteiger partial charge in [-0.05, 0) is 24.3 Å². The topological polar surface area (TPSA) is 64.7 Å². The van der Waals surface area contributed by atoms with Gasteiger partial charge in [0.2, 0.25) is 6.29 Å². The molecule has 0 aliphatic carbocycles. The fourth-order valence-corrected chi connectivity index (χ4v) is 1.62. The first kappa shape index (κ1) is 13.4. The van der Waals surface area contributed by atoms with E-state index >= 15 is 0 Å². The second-order valence-electron chi connectivity index (χ2n) is 4.09. The van der Waals surface area contributed by atoms with Crippen molar-refractivity contribution in [3.63, 3.8) is 0 Å². The molecule has 0 fully saturated rings. The molecule has 2 rings (SSSR count). The highest BCUT2D eigenvalue weighted by Crippen LogP contribution is 2.17.